The van der Waals surface area contributed by atoms with Crippen molar-refractivity contribution in [2.75, 3.05) is 19.6 Å². The van der Waals surface area contributed by atoms with E-state index in [1.54, 1.807) is 7.11 Å². The molecule has 1 aromatic rings. The Morgan fingerprint density at radius 1 is 1.50 bits per heavy atom. The Balaban J connectivity index is 2.40. The van der Waals surface area contributed by atoms with Crippen LogP contribution in [0.15, 0.2) is 18.2 Å². The molecule has 3 heteroatoms. The van der Waals surface area contributed by atoms with Crippen LogP contribution in [0.25, 0.3) is 0 Å². The van der Waals surface area contributed by atoms with Gasteiger partial charge in [-0.2, -0.15) is 0 Å². The molecule has 0 fully saturated rings. The van der Waals surface area contributed by atoms with E-state index in [1.165, 1.54) is 11.1 Å². The van der Waals surface area contributed by atoms with Crippen LogP contribution >= 0.6 is 11.6 Å². The number of fused-ring (bicyclic) bond motifs is 1. The van der Waals surface area contributed by atoms with Gasteiger partial charge in [-0.15, -0.1) is 11.6 Å². The highest BCUT2D eigenvalue weighted by molar-refractivity contribution is 6.17. The Morgan fingerprint density at radius 3 is 3.12 bits per heavy atom. The standard InChI is InChI=1S/C13H17ClO2/c1-15-11-6-2-4-10-5-3-9-16-12(7-8-14)13(10)11/h2,4,6,12H,3,5,7-9H2,1H3. The van der Waals surface area contributed by atoms with Crippen LogP contribution in [0.1, 0.15) is 30.1 Å². The lowest BCUT2D eigenvalue weighted by molar-refractivity contribution is 0.0530. The fourth-order valence-electron chi connectivity index (χ4n) is 2.25. The highest BCUT2D eigenvalue weighted by Crippen LogP contribution is 2.36. The zero-order valence-corrected chi connectivity index (χ0v) is 10.3. The van der Waals surface area contributed by atoms with Gasteiger partial charge in [-0.25, -0.2) is 0 Å². The fraction of sp³-hybridized carbons (Fsp3) is 0.538. The van der Waals surface area contributed by atoms with Crippen molar-refractivity contribution in [3.63, 3.8) is 0 Å². The molecule has 1 aromatic carbocycles. The molecule has 0 spiro atoms. The number of benzene rings is 1. The molecular weight excluding hydrogens is 224 g/mol. The Morgan fingerprint density at radius 2 is 2.38 bits per heavy atom. The second-order valence-electron chi connectivity index (χ2n) is 3.97. The first-order chi connectivity index (χ1) is 7.86. The highest BCUT2D eigenvalue weighted by Gasteiger charge is 2.22. The maximum Gasteiger partial charge on any atom is 0.124 e. The molecule has 0 aliphatic carbocycles. The van der Waals surface area contributed by atoms with Crippen LogP contribution in [0, 0.1) is 0 Å². The molecule has 1 heterocycles. The third kappa shape index (κ3) is 2.33. The third-order valence-electron chi connectivity index (χ3n) is 2.98. The lowest BCUT2D eigenvalue weighted by atomic mass is 9.97. The number of aryl methyl sites for hydroxylation is 1. The first kappa shape index (κ1) is 11.7. The van der Waals surface area contributed by atoms with Gasteiger partial charge >= 0.3 is 0 Å². The molecule has 2 rings (SSSR count). The van der Waals surface area contributed by atoms with Crippen LogP contribution in [0.4, 0.5) is 0 Å². The Hall–Kier alpha value is -0.730. The first-order valence-corrected chi connectivity index (χ1v) is 6.23. The van der Waals surface area contributed by atoms with Crippen LogP contribution in [-0.4, -0.2) is 19.6 Å². The van der Waals surface area contributed by atoms with Crippen molar-refractivity contribution in [2.24, 2.45) is 0 Å². The number of rotatable bonds is 3. The molecule has 16 heavy (non-hydrogen) atoms. The van der Waals surface area contributed by atoms with E-state index in [-0.39, 0.29) is 6.10 Å². The summed E-state index contributed by atoms with van der Waals surface area (Å²) in [5.74, 6) is 1.54. The molecule has 0 saturated heterocycles. The van der Waals surface area contributed by atoms with E-state index in [2.05, 4.69) is 6.07 Å². The lowest BCUT2D eigenvalue weighted by Gasteiger charge is -2.19. The van der Waals surface area contributed by atoms with E-state index in [9.17, 15) is 0 Å². The number of hydrogen-bond acceptors (Lipinski definition) is 2. The number of halogens is 1. The molecule has 1 unspecified atom stereocenters. The minimum atomic E-state index is 0.0890. The van der Waals surface area contributed by atoms with Gasteiger partial charge in [-0.05, 0) is 30.9 Å². The van der Waals surface area contributed by atoms with Gasteiger partial charge in [0.05, 0.1) is 13.2 Å². The van der Waals surface area contributed by atoms with Gasteiger partial charge in [-0.3, -0.25) is 0 Å². The summed E-state index contributed by atoms with van der Waals surface area (Å²) in [7, 11) is 1.71. The van der Waals surface area contributed by atoms with Crippen molar-refractivity contribution >= 4 is 11.6 Å². The summed E-state index contributed by atoms with van der Waals surface area (Å²) in [4.78, 5) is 0. The van der Waals surface area contributed by atoms with E-state index in [0.717, 1.165) is 31.6 Å². The molecule has 0 amide bonds. The summed E-state index contributed by atoms with van der Waals surface area (Å²) in [5.41, 5.74) is 2.54. The minimum absolute atomic E-state index is 0.0890. The van der Waals surface area contributed by atoms with E-state index in [0.29, 0.717) is 5.88 Å². The zero-order chi connectivity index (χ0) is 11.4. The SMILES string of the molecule is COc1cccc2c1C(CCCl)OCCC2. The minimum Gasteiger partial charge on any atom is -0.496 e. The molecule has 0 aromatic heterocycles. The quantitative estimate of drug-likeness (QED) is 0.755. The summed E-state index contributed by atoms with van der Waals surface area (Å²) in [5, 5.41) is 0. The third-order valence-corrected chi connectivity index (χ3v) is 3.20. The van der Waals surface area contributed by atoms with Gasteiger partial charge in [0.1, 0.15) is 5.75 Å². The molecule has 0 saturated carbocycles. The molecule has 88 valence electrons. The van der Waals surface area contributed by atoms with Crippen LogP contribution in [0.3, 0.4) is 0 Å². The largest absolute Gasteiger partial charge is 0.496 e. The van der Waals surface area contributed by atoms with Crippen LogP contribution in [0.2, 0.25) is 0 Å². The summed E-state index contributed by atoms with van der Waals surface area (Å²) in [6, 6.07) is 6.20. The Kier molecular flexibility index (Phi) is 4.08. The number of hydrogen-bond donors (Lipinski definition) is 0. The molecule has 2 nitrogen and oxygen atoms in total. The average molecular weight is 241 g/mol. The molecular formula is C13H17ClO2. The van der Waals surface area contributed by atoms with E-state index in [4.69, 9.17) is 21.1 Å². The topological polar surface area (TPSA) is 18.5 Å². The Bertz CT molecular complexity index is 352. The monoisotopic (exact) mass is 240 g/mol. The second-order valence-corrected chi connectivity index (χ2v) is 4.35. The van der Waals surface area contributed by atoms with E-state index < -0.39 is 0 Å². The molecule has 1 aliphatic heterocycles. The van der Waals surface area contributed by atoms with Gasteiger partial charge < -0.3 is 9.47 Å². The lowest BCUT2D eigenvalue weighted by Crippen LogP contribution is -2.07. The van der Waals surface area contributed by atoms with Crippen molar-refractivity contribution in [1.82, 2.24) is 0 Å². The highest BCUT2D eigenvalue weighted by atomic mass is 35.5. The number of alkyl halides is 1. The molecule has 0 radical (unpaired) electrons. The van der Waals surface area contributed by atoms with E-state index >= 15 is 0 Å². The van der Waals surface area contributed by atoms with Crippen molar-refractivity contribution < 1.29 is 9.47 Å². The normalized spacial score (nSPS) is 20.0. The number of ether oxygens (including phenoxy) is 2. The molecule has 0 bridgehead atoms. The Labute approximate surface area is 102 Å². The summed E-state index contributed by atoms with van der Waals surface area (Å²) >= 11 is 5.83. The first-order valence-electron chi connectivity index (χ1n) is 5.70. The second kappa shape index (κ2) is 5.55. The van der Waals surface area contributed by atoms with E-state index in [1.807, 2.05) is 12.1 Å². The van der Waals surface area contributed by atoms with Crippen LogP contribution < -0.4 is 4.74 Å². The maximum absolute atomic E-state index is 5.85. The summed E-state index contributed by atoms with van der Waals surface area (Å²) in [6.07, 6.45) is 3.06. The molecule has 0 N–H and O–H groups in total. The van der Waals surface area contributed by atoms with Crippen molar-refractivity contribution in [2.45, 2.75) is 25.4 Å². The van der Waals surface area contributed by atoms with Gasteiger partial charge in [0.15, 0.2) is 0 Å². The maximum atomic E-state index is 5.85. The predicted octanol–water partition coefficient (Wildman–Crippen LogP) is 3.33. The van der Waals surface area contributed by atoms with Crippen LogP contribution in [0.5, 0.6) is 5.75 Å². The fourth-order valence-corrected chi connectivity index (χ4v) is 2.45. The van der Waals surface area contributed by atoms with Crippen molar-refractivity contribution in [3.05, 3.63) is 29.3 Å². The van der Waals surface area contributed by atoms with Crippen LogP contribution in [-0.2, 0) is 11.2 Å². The molecule has 1 atom stereocenters. The average Bonchev–Trinajstić information content (AvgIpc) is 2.52. The van der Waals surface area contributed by atoms with Gasteiger partial charge in [0.2, 0.25) is 0 Å². The predicted molar refractivity (Wildman–Crippen MR) is 65.3 cm³/mol. The zero-order valence-electron chi connectivity index (χ0n) is 9.54. The van der Waals surface area contributed by atoms with Crippen molar-refractivity contribution in [3.8, 4) is 5.75 Å². The molecule has 1 aliphatic rings. The van der Waals surface area contributed by atoms with Gasteiger partial charge in [0, 0.05) is 18.1 Å². The smallest absolute Gasteiger partial charge is 0.124 e. The van der Waals surface area contributed by atoms with Gasteiger partial charge in [0.25, 0.3) is 0 Å². The number of methoxy groups -OCH3 is 1. The van der Waals surface area contributed by atoms with Gasteiger partial charge in [-0.1, -0.05) is 12.1 Å². The summed E-state index contributed by atoms with van der Waals surface area (Å²) in [6.45, 7) is 0.805. The summed E-state index contributed by atoms with van der Waals surface area (Å²) < 4.78 is 11.3. The van der Waals surface area contributed by atoms with Crippen molar-refractivity contribution in [1.29, 1.82) is 0 Å².